The van der Waals surface area contributed by atoms with Crippen molar-refractivity contribution in [2.75, 3.05) is 38.5 Å². The zero-order valence-corrected chi connectivity index (χ0v) is 9.62. The van der Waals surface area contributed by atoms with Crippen LogP contribution in [0.3, 0.4) is 0 Å². The van der Waals surface area contributed by atoms with Gasteiger partial charge < -0.3 is 0 Å². The van der Waals surface area contributed by atoms with E-state index in [1.165, 1.54) is 39.0 Å². The molecule has 0 unspecified atom stereocenters. The lowest BCUT2D eigenvalue weighted by atomic mass is 10.3. The fraction of sp³-hybridized carbons (Fsp3) is 0.818. The highest BCUT2D eigenvalue weighted by Gasteiger charge is 2.30. The number of nitrogens with zero attached hydrogens (tertiary/aromatic N) is 2. The minimum absolute atomic E-state index is 0.863. The lowest BCUT2D eigenvalue weighted by molar-refractivity contribution is 0.136. The second kappa shape index (κ2) is 5.19. The van der Waals surface area contributed by atoms with Crippen LogP contribution in [0, 0.1) is 0 Å². The summed E-state index contributed by atoms with van der Waals surface area (Å²) in [7, 11) is 0. The zero-order valence-electron chi connectivity index (χ0n) is 8.73. The van der Waals surface area contributed by atoms with Crippen LogP contribution in [-0.4, -0.2) is 54.3 Å². The van der Waals surface area contributed by atoms with Crippen LogP contribution in [0.5, 0.6) is 0 Å². The van der Waals surface area contributed by atoms with Gasteiger partial charge in [0, 0.05) is 44.5 Å². The first-order chi connectivity index (χ1) is 6.90. The smallest absolute Gasteiger partial charge is 0.0164 e. The Bertz CT molecular complexity index is 193. The molecule has 2 aliphatic rings. The van der Waals surface area contributed by atoms with E-state index in [0.717, 1.165) is 18.3 Å². The van der Waals surface area contributed by atoms with Crippen molar-refractivity contribution in [3.05, 3.63) is 12.2 Å². The molecule has 2 rings (SSSR count). The molecule has 0 amide bonds. The summed E-state index contributed by atoms with van der Waals surface area (Å²) >= 11 is 4.15. The van der Waals surface area contributed by atoms with Gasteiger partial charge in [0.05, 0.1) is 0 Å². The van der Waals surface area contributed by atoms with E-state index in [1.54, 1.807) is 0 Å². The Morgan fingerprint density at radius 3 is 2.36 bits per heavy atom. The summed E-state index contributed by atoms with van der Waals surface area (Å²) in [6, 6.07) is 0.949. The molecule has 1 saturated carbocycles. The van der Waals surface area contributed by atoms with Crippen molar-refractivity contribution in [2.45, 2.75) is 18.9 Å². The fourth-order valence-corrected chi connectivity index (χ4v) is 2.20. The van der Waals surface area contributed by atoms with Gasteiger partial charge in [-0.3, -0.25) is 9.80 Å². The minimum Gasteiger partial charge on any atom is -0.298 e. The van der Waals surface area contributed by atoms with E-state index in [2.05, 4.69) is 34.6 Å². The van der Waals surface area contributed by atoms with E-state index < -0.39 is 0 Å². The minimum atomic E-state index is 0.863. The van der Waals surface area contributed by atoms with Crippen LogP contribution in [0.15, 0.2) is 12.2 Å². The standard InChI is InChI=1S/C11H20N2S/c14-10-2-1-5-12-6-8-13(9-7-12)11-3-4-11/h1-2,11,14H,3-10H2. The molecule has 0 radical (unpaired) electrons. The average molecular weight is 212 g/mol. The van der Waals surface area contributed by atoms with Crippen molar-refractivity contribution >= 4 is 12.6 Å². The van der Waals surface area contributed by atoms with Crippen molar-refractivity contribution in [1.82, 2.24) is 9.80 Å². The van der Waals surface area contributed by atoms with E-state index in [0.29, 0.717) is 0 Å². The van der Waals surface area contributed by atoms with Gasteiger partial charge >= 0.3 is 0 Å². The van der Waals surface area contributed by atoms with Crippen molar-refractivity contribution < 1.29 is 0 Å². The Kier molecular flexibility index (Phi) is 3.90. The lowest BCUT2D eigenvalue weighted by Crippen LogP contribution is -2.47. The van der Waals surface area contributed by atoms with Crippen LogP contribution in [0.2, 0.25) is 0 Å². The highest BCUT2D eigenvalue weighted by atomic mass is 32.1. The lowest BCUT2D eigenvalue weighted by Gasteiger charge is -2.34. The molecule has 80 valence electrons. The molecular weight excluding hydrogens is 192 g/mol. The summed E-state index contributed by atoms with van der Waals surface area (Å²) in [5, 5.41) is 0. The SMILES string of the molecule is SCC=CCN1CCN(C2CC2)CC1. The maximum Gasteiger partial charge on any atom is 0.0164 e. The predicted molar refractivity (Wildman–Crippen MR) is 64.0 cm³/mol. The fourth-order valence-electron chi connectivity index (χ4n) is 2.05. The average Bonchev–Trinajstić information content (AvgIpc) is 3.03. The van der Waals surface area contributed by atoms with Crippen LogP contribution < -0.4 is 0 Å². The molecule has 0 bridgehead atoms. The van der Waals surface area contributed by atoms with Crippen LogP contribution >= 0.6 is 12.6 Å². The van der Waals surface area contributed by atoms with E-state index in [1.807, 2.05) is 0 Å². The monoisotopic (exact) mass is 212 g/mol. The Morgan fingerprint density at radius 1 is 1.07 bits per heavy atom. The van der Waals surface area contributed by atoms with Gasteiger partial charge in [-0.25, -0.2) is 0 Å². The molecule has 0 aromatic rings. The second-order valence-electron chi connectivity index (χ2n) is 4.22. The first-order valence-electron chi connectivity index (χ1n) is 5.62. The Hall–Kier alpha value is 0.01000. The molecule has 0 aromatic heterocycles. The first-order valence-corrected chi connectivity index (χ1v) is 6.25. The summed E-state index contributed by atoms with van der Waals surface area (Å²) in [5.41, 5.74) is 0. The number of hydrogen-bond donors (Lipinski definition) is 1. The van der Waals surface area contributed by atoms with E-state index in [-0.39, 0.29) is 0 Å². The Labute approximate surface area is 92.4 Å². The molecule has 14 heavy (non-hydrogen) atoms. The van der Waals surface area contributed by atoms with E-state index in [4.69, 9.17) is 0 Å². The van der Waals surface area contributed by atoms with E-state index in [9.17, 15) is 0 Å². The topological polar surface area (TPSA) is 6.48 Å². The molecule has 0 spiro atoms. The predicted octanol–water partition coefficient (Wildman–Crippen LogP) is 1.25. The van der Waals surface area contributed by atoms with E-state index >= 15 is 0 Å². The molecule has 0 N–H and O–H groups in total. The summed E-state index contributed by atoms with van der Waals surface area (Å²) in [6.45, 7) is 6.15. The molecule has 0 atom stereocenters. The Balaban J connectivity index is 1.64. The third kappa shape index (κ3) is 3.01. The van der Waals surface area contributed by atoms with Gasteiger partial charge in [-0.2, -0.15) is 12.6 Å². The number of hydrogen-bond acceptors (Lipinski definition) is 3. The third-order valence-corrected chi connectivity index (χ3v) is 3.32. The van der Waals surface area contributed by atoms with Crippen LogP contribution in [0.4, 0.5) is 0 Å². The molecule has 2 fully saturated rings. The summed E-state index contributed by atoms with van der Waals surface area (Å²) in [4.78, 5) is 5.18. The first kappa shape index (κ1) is 10.5. The third-order valence-electron chi connectivity index (χ3n) is 3.11. The van der Waals surface area contributed by atoms with Crippen molar-refractivity contribution in [3.8, 4) is 0 Å². The summed E-state index contributed by atoms with van der Waals surface area (Å²) in [5.74, 6) is 0.863. The molecule has 1 saturated heterocycles. The Morgan fingerprint density at radius 2 is 1.79 bits per heavy atom. The molecule has 2 nitrogen and oxygen atoms in total. The van der Waals surface area contributed by atoms with Gasteiger partial charge in [0.15, 0.2) is 0 Å². The van der Waals surface area contributed by atoms with Gasteiger partial charge in [0.25, 0.3) is 0 Å². The van der Waals surface area contributed by atoms with Gasteiger partial charge in [-0.1, -0.05) is 12.2 Å². The zero-order chi connectivity index (χ0) is 9.80. The van der Waals surface area contributed by atoms with Crippen molar-refractivity contribution in [2.24, 2.45) is 0 Å². The number of rotatable bonds is 4. The maximum absolute atomic E-state index is 4.15. The number of thiol groups is 1. The van der Waals surface area contributed by atoms with Gasteiger partial charge in [0.1, 0.15) is 0 Å². The maximum atomic E-state index is 4.15. The largest absolute Gasteiger partial charge is 0.298 e. The molecule has 3 heteroatoms. The van der Waals surface area contributed by atoms with Crippen LogP contribution in [-0.2, 0) is 0 Å². The van der Waals surface area contributed by atoms with Crippen LogP contribution in [0.25, 0.3) is 0 Å². The highest BCUT2D eigenvalue weighted by Crippen LogP contribution is 2.27. The van der Waals surface area contributed by atoms with Gasteiger partial charge in [-0.05, 0) is 12.8 Å². The molecule has 1 aliphatic heterocycles. The summed E-state index contributed by atoms with van der Waals surface area (Å²) < 4.78 is 0. The van der Waals surface area contributed by atoms with Crippen LogP contribution in [0.1, 0.15) is 12.8 Å². The van der Waals surface area contributed by atoms with Crippen molar-refractivity contribution in [3.63, 3.8) is 0 Å². The molecule has 1 aliphatic carbocycles. The van der Waals surface area contributed by atoms with Crippen molar-refractivity contribution in [1.29, 1.82) is 0 Å². The second-order valence-corrected chi connectivity index (χ2v) is 4.59. The molecular formula is C11H20N2S. The van der Waals surface area contributed by atoms with Gasteiger partial charge in [0.2, 0.25) is 0 Å². The molecule has 0 aromatic carbocycles. The normalized spacial score (nSPS) is 26.1. The molecule has 1 heterocycles. The van der Waals surface area contributed by atoms with Gasteiger partial charge in [-0.15, -0.1) is 0 Å². The summed E-state index contributed by atoms with van der Waals surface area (Å²) in [6.07, 6.45) is 7.26. The quantitative estimate of drug-likeness (QED) is 0.553. The number of piperazine rings is 1. The highest BCUT2D eigenvalue weighted by molar-refractivity contribution is 7.80.